The normalized spacial score (nSPS) is 14.4. The van der Waals surface area contributed by atoms with Crippen molar-refractivity contribution in [1.29, 1.82) is 0 Å². The van der Waals surface area contributed by atoms with Gasteiger partial charge in [0.15, 0.2) is 0 Å². The zero-order chi connectivity index (χ0) is 24.6. The third-order valence-electron chi connectivity index (χ3n) is 4.41. The summed E-state index contributed by atoms with van der Waals surface area (Å²) in [5.41, 5.74) is -0.728. The van der Waals surface area contributed by atoms with Crippen LogP contribution in [0.1, 0.15) is 41.0 Å². The van der Waals surface area contributed by atoms with Crippen LogP contribution in [-0.2, 0) is 23.9 Å². The number of rotatable bonds is 9. The van der Waals surface area contributed by atoms with E-state index in [1.54, 1.807) is 48.7 Å². The standard InChI is InChI=1S/C21H34N4O7/c1-14(2)24(11-10-16(26)23(6)7)20(30)31-13-15(25-17(27)8-9-18(25)28)12-22-19(29)32-21(3,4)5/h8-9,14-15H,10-13H2,1-7H3,(H,22,29)/t15-/m0/s1. The number of carbonyl (C=O) groups excluding carboxylic acids is 5. The third-order valence-corrected chi connectivity index (χ3v) is 4.41. The quantitative estimate of drug-likeness (QED) is 0.518. The molecule has 1 N–H and O–H groups in total. The van der Waals surface area contributed by atoms with E-state index in [2.05, 4.69) is 5.32 Å². The SMILES string of the molecule is CC(C)N(CCC(=O)N(C)C)C(=O)OC[C@H](CNC(=O)OC(C)(C)C)N1C(=O)C=CC1=O. The molecule has 0 unspecified atom stereocenters. The van der Waals surface area contributed by atoms with Crippen molar-refractivity contribution in [3.63, 3.8) is 0 Å². The minimum atomic E-state index is -0.932. The predicted octanol–water partition coefficient (Wildman–Crippen LogP) is 1.13. The Balaban J connectivity index is 2.81. The zero-order valence-corrected chi connectivity index (χ0v) is 19.8. The molecule has 0 saturated heterocycles. The smallest absolute Gasteiger partial charge is 0.410 e. The number of hydrogen-bond acceptors (Lipinski definition) is 7. The van der Waals surface area contributed by atoms with E-state index in [4.69, 9.17) is 9.47 Å². The van der Waals surface area contributed by atoms with E-state index in [0.29, 0.717) is 0 Å². The molecule has 0 bridgehead atoms. The molecule has 1 rings (SSSR count). The number of alkyl carbamates (subject to hydrolysis) is 1. The van der Waals surface area contributed by atoms with E-state index in [9.17, 15) is 24.0 Å². The molecule has 5 amide bonds. The first-order chi connectivity index (χ1) is 14.7. The van der Waals surface area contributed by atoms with Crippen LogP contribution >= 0.6 is 0 Å². The van der Waals surface area contributed by atoms with Gasteiger partial charge in [-0.05, 0) is 34.6 Å². The molecular weight excluding hydrogens is 420 g/mol. The van der Waals surface area contributed by atoms with Crippen molar-refractivity contribution in [3.05, 3.63) is 12.2 Å². The molecular formula is C21H34N4O7. The van der Waals surface area contributed by atoms with E-state index in [-0.39, 0.29) is 38.1 Å². The molecule has 0 aliphatic carbocycles. The largest absolute Gasteiger partial charge is 0.447 e. The topological polar surface area (TPSA) is 126 Å². The monoisotopic (exact) mass is 454 g/mol. The molecule has 0 fully saturated rings. The number of nitrogens with one attached hydrogen (secondary N) is 1. The van der Waals surface area contributed by atoms with Crippen molar-refractivity contribution < 1.29 is 33.4 Å². The molecule has 1 heterocycles. The highest BCUT2D eigenvalue weighted by atomic mass is 16.6. The van der Waals surface area contributed by atoms with Gasteiger partial charge in [0.05, 0.1) is 6.04 Å². The van der Waals surface area contributed by atoms with Gasteiger partial charge in [0.2, 0.25) is 5.91 Å². The molecule has 1 aliphatic rings. The zero-order valence-electron chi connectivity index (χ0n) is 19.8. The summed E-state index contributed by atoms with van der Waals surface area (Å²) in [6.07, 6.45) is 0.917. The summed E-state index contributed by atoms with van der Waals surface area (Å²) in [5, 5.41) is 2.50. The summed E-state index contributed by atoms with van der Waals surface area (Å²) in [5.74, 6) is -1.28. The van der Waals surface area contributed by atoms with E-state index >= 15 is 0 Å². The van der Waals surface area contributed by atoms with E-state index < -0.39 is 35.6 Å². The molecule has 1 aliphatic heterocycles. The van der Waals surface area contributed by atoms with Crippen LogP contribution in [0.2, 0.25) is 0 Å². The summed E-state index contributed by atoms with van der Waals surface area (Å²) in [6.45, 7) is 8.31. The maximum atomic E-state index is 12.6. The number of hydrogen-bond donors (Lipinski definition) is 1. The Hall–Kier alpha value is -3.11. The first-order valence-corrected chi connectivity index (χ1v) is 10.4. The highest BCUT2D eigenvalue weighted by molar-refractivity contribution is 6.13. The van der Waals surface area contributed by atoms with Gasteiger partial charge >= 0.3 is 12.2 Å². The van der Waals surface area contributed by atoms with Gasteiger partial charge in [-0.3, -0.25) is 19.3 Å². The maximum absolute atomic E-state index is 12.6. The van der Waals surface area contributed by atoms with E-state index in [0.717, 1.165) is 17.1 Å². The average molecular weight is 455 g/mol. The minimum absolute atomic E-state index is 0.122. The molecule has 11 heteroatoms. The lowest BCUT2D eigenvalue weighted by molar-refractivity contribution is -0.140. The number of nitrogens with zero attached hydrogens (tertiary/aromatic N) is 3. The van der Waals surface area contributed by atoms with Crippen molar-refractivity contribution in [3.8, 4) is 0 Å². The molecule has 180 valence electrons. The van der Waals surface area contributed by atoms with Crippen LogP contribution < -0.4 is 5.32 Å². The van der Waals surface area contributed by atoms with Crippen molar-refractivity contribution in [1.82, 2.24) is 20.0 Å². The highest BCUT2D eigenvalue weighted by Gasteiger charge is 2.33. The first kappa shape index (κ1) is 26.9. The molecule has 1 atom stereocenters. The molecule has 32 heavy (non-hydrogen) atoms. The van der Waals surface area contributed by atoms with Crippen molar-refractivity contribution in [2.45, 2.75) is 58.7 Å². The lowest BCUT2D eigenvalue weighted by Crippen LogP contribution is -2.51. The van der Waals surface area contributed by atoms with Gasteiger partial charge in [-0.1, -0.05) is 0 Å². The average Bonchev–Trinajstić information content (AvgIpc) is 2.98. The van der Waals surface area contributed by atoms with Crippen molar-refractivity contribution >= 4 is 29.9 Å². The summed E-state index contributed by atoms with van der Waals surface area (Å²) < 4.78 is 10.5. The Morgan fingerprint density at radius 3 is 2.12 bits per heavy atom. The van der Waals surface area contributed by atoms with Gasteiger partial charge in [0.1, 0.15) is 12.2 Å². The lowest BCUT2D eigenvalue weighted by Gasteiger charge is -2.30. The van der Waals surface area contributed by atoms with Crippen molar-refractivity contribution in [2.75, 3.05) is 33.8 Å². The summed E-state index contributed by atoms with van der Waals surface area (Å²) in [7, 11) is 3.25. The number of ether oxygens (including phenoxy) is 2. The lowest BCUT2D eigenvalue weighted by atomic mass is 10.2. The minimum Gasteiger partial charge on any atom is -0.447 e. The van der Waals surface area contributed by atoms with Gasteiger partial charge in [-0.25, -0.2) is 9.59 Å². The van der Waals surface area contributed by atoms with Gasteiger partial charge in [0, 0.05) is 51.8 Å². The second kappa shape index (κ2) is 11.5. The first-order valence-electron chi connectivity index (χ1n) is 10.4. The van der Waals surface area contributed by atoms with Gasteiger partial charge in [0.25, 0.3) is 11.8 Å². The maximum Gasteiger partial charge on any atom is 0.410 e. The van der Waals surface area contributed by atoms with E-state index in [1.165, 1.54) is 9.80 Å². The molecule has 0 aromatic heterocycles. The summed E-state index contributed by atoms with van der Waals surface area (Å²) in [4.78, 5) is 64.4. The fourth-order valence-corrected chi connectivity index (χ4v) is 2.76. The van der Waals surface area contributed by atoms with Crippen LogP contribution in [0.4, 0.5) is 9.59 Å². The van der Waals surface area contributed by atoms with Crippen LogP contribution in [0.15, 0.2) is 12.2 Å². The Bertz CT molecular complexity index is 738. The Labute approximate surface area is 188 Å². The molecule has 0 aromatic rings. The van der Waals surface area contributed by atoms with Crippen LogP contribution in [0, 0.1) is 0 Å². The summed E-state index contributed by atoms with van der Waals surface area (Å²) >= 11 is 0. The fraction of sp³-hybridized carbons (Fsp3) is 0.667. The molecule has 0 saturated carbocycles. The van der Waals surface area contributed by atoms with Crippen LogP contribution in [0.3, 0.4) is 0 Å². The molecule has 0 aromatic carbocycles. The second-order valence-electron chi connectivity index (χ2n) is 8.82. The Morgan fingerprint density at radius 2 is 1.66 bits per heavy atom. The number of imide groups is 1. The highest BCUT2D eigenvalue weighted by Crippen LogP contribution is 2.12. The Kier molecular flexibility index (Phi) is 9.67. The van der Waals surface area contributed by atoms with Gasteiger partial charge in [-0.2, -0.15) is 0 Å². The van der Waals surface area contributed by atoms with Gasteiger partial charge < -0.3 is 24.6 Å². The third kappa shape index (κ3) is 8.56. The second-order valence-corrected chi connectivity index (χ2v) is 8.82. The van der Waals surface area contributed by atoms with Crippen molar-refractivity contribution in [2.24, 2.45) is 0 Å². The number of amides is 5. The van der Waals surface area contributed by atoms with E-state index in [1.807, 2.05) is 0 Å². The van der Waals surface area contributed by atoms with Crippen LogP contribution in [-0.4, -0.2) is 96.1 Å². The molecule has 11 nitrogen and oxygen atoms in total. The molecule has 0 radical (unpaired) electrons. The van der Waals surface area contributed by atoms with Gasteiger partial charge in [-0.15, -0.1) is 0 Å². The fourth-order valence-electron chi connectivity index (χ4n) is 2.76. The predicted molar refractivity (Wildman–Crippen MR) is 116 cm³/mol. The summed E-state index contributed by atoms with van der Waals surface area (Å²) in [6, 6.07) is -1.17. The molecule has 0 spiro atoms. The Morgan fingerprint density at radius 1 is 1.09 bits per heavy atom. The van der Waals surface area contributed by atoms with Crippen LogP contribution in [0.25, 0.3) is 0 Å². The van der Waals surface area contributed by atoms with Crippen LogP contribution in [0.5, 0.6) is 0 Å². The number of carbonyl (C=O) groups is 5.